The zero-order chi connectivity index (χ0) is 24.4. The van der Waals surface area contributed by atoms with Crippen molar-refractivity contribution in [2.75, 3.05) is 13.1 Å². The van der Waals surface area contributed by atoms with Crippen LogP contribution in [0.5, 0.6) is 0 Å². The molecule has 0 aromatic heterocycles. The van der Waals surface area contributed by atoms with Gasteiger partial charge in [-0.15, -0.1) is 0 Å². The van der Waals surface area contributed by atoms with Gasteiger partial charge in [0.2, 0.25) is 0 Å². The number of carboxylic acid groups (broad SMARTS) is 1. The van der Waals surface area contributed by atoms with E-state index in [2.05, 4.69) is 6.58 Å². The van der Waals surface area contributed by atoms with Gasteiger partial charge in [-0.25, -0.2) is 4.79 Å². The lowest BCUT2D eigenvalue weighted by molar-refractivity contribution is -0.396. The molecule has 1 unspecified atom stereocenters. The van der Waals surface area contributed by atoms with Crippen molar-refractivity contribution in [3.05, 3.63) is 42.0 Å². The molecule has 0 spiro atoms. The first kappa shape index (κ1) is 26.6. The van der Waals surface area contributed by atoms with Gasteiger partial charge in [-0.3, -0.25) is 0 Å². The molecule has 3 nitrogen and oxygen atoms in total. The van der Waals surface area contributed by atoms with Crippen molar-refractivity contribution in [1.82, 2.24) is 4.90 Å². The Balaban J connectivity index is 3.00. The average molecular weight is 465 g/mol. The summed E-state index contributed by atoms with van der Waals surface area (Å²) < 4.78 is 116. The van der Waals surface area contributed by atoms with E-state index in [1.165, 1.54) is 6.92 Å². The maximum atomic E-state index is 13.7. The smallest absolute Gasteiger partial charge is 0.460 e. The van der Waals surface area contributed by atoms with Crippen LogP contribution >= 0.6 is 0 Å². The van der Waals surface area contributed by atoms with Crippen LogP contribution in [-0.2, 0) is 0 Å². The van der Waals surface area contributed by atoms with E-state index < -0.39 is 55.5 Å². The lowest BCUT2D eigenvalue weighted by atomic mass is 9.96. The molecule has 0 radical (unpaired) electrons. The summed E-state index contributed by atoms with van der Waals surface area (Å²) in [5, 5.41) is 9.15. The van der Waals surface area contributed by atoms with Crippen LogP contribution in [0.15, 0.2) is 30.8 Å². The quantitative estimate of drug-likeness (QED) is 0.415. The summed E-state index contributed by atoms with van der Waals surface area (Å²) in [6, 6.07) is 6.55. The van der Waals surface area contributed by atoms with Crippen LogP contribution in [0.25, 0.3) is 5.57 Å². The predicted molar refractivity (Wildman–Crippen MR) is 94.7 cm³/mol. The number of rotatable bonds is 9. The molecular weight excluding hydrogens is 445 g/mol. The Morgan fingerprint density at radius 1 is 1.06 bits per heavy atom. The SMILES string of the molecule is C=C(C)c1cccc(C(C)CN(CCC(F)(F)C(F)(F)C(F)(F)C(F)(F)F)C(=O)O)c1. The summed E-state index contributed by atoms with van der Waals surface area (Å²) in [5.41, 5.74) is 1.93. The number of nitrogens with zero attached hydrogens (tertiary/aromatic N) is 1. The molecule has 1 aromatic carbocycles. The Morgan fingerprint density at radius 2 is 1.61 bits per heavy atom. The number of amides is 1. The van der Waals surface area contributed by atoms with Gasteiger partial charge in [-0.2, -0.15) is 39.5 Å². The molecule has 0 fully saturated rings. The molecular formula is C19H20F9NO2. The van der Waals surface area contributed by atoms with Crippen molar-refractivity contribution in [1.29, 1.82) is 0 Å². The van der Waals surface area contributed by atoms with E-state index in [0.29, 0.717) is 16.7 Å². The number of carbonyl (C=O) groups is 1. The molecule has 0 aliphatic carbocycles. The van der Waals surface area contributed by atoms with Crippen molar-refractivity contribution in [3.63, 3.8) is 0 Å². The number of hydrogen-bond acceptors (Lipinski definition) is 1. The summed E-state index contributed by atoms with van der Waals surface area (Å²) in [6.07, 6.45) is -11.0. The number of alkyl halides is 9. The predicted octanol–water partition coefficient (Wildman–Crippen LogP) is 6.66. The molecule has 0 saturated carbocycles. The van der Waals surface area contributed by atoms with Crippen LogP contribution in [-0.4, -0.2) is 53.1 Å². The van der Waals surface area contributed by atoms with Crippen molar-refractivity contribution in [3.8, 4) is 0 Å². The molecule has 1 rings (SSSR count). The minimum Gasteiger partial charge on any atom is -0.465 e. The summed E-state index contributed by atoms with van der Waals surface area (Å²) in [6.45, 7) is 5.04. The largest absolute Gasteiger partial charge is 0.465 e. The van der Waals surface area contributed by atoms with Gasteiger partial charge in [0.1, 0.15) is 0 Å². The van der Waals surface area contributed by atoms with Crippen LogP contribution in [0.1, 0.15) is 37.3 Å². The fraction of sp³-hybridized carbons (Fsp3) is 0.526. The zero-order valence-electron chi connectivity index (χ0n) is 16.4. The normalized spacial score (nSPS) is 14.3. The molecule has 1 N–H and O–H groups in total. The van der Waals surface area contributed by atoms with Crippen molar-refractivity contribution in [2.45, 2.75) is 50.1 Å². The average Bonchev–Trinajstić information content (AvgIpc) is 2.63. The van der Waals surface area contributed by atoms with Gasteiger partial charge in [0.25, 0.3) is 0 Å². The van der Waals surface area contributed by atoms with Gasteiger partial charge in [-0.05, 0) is 24.0 Å². The van der Waals surface area contributed by atoms with Crippen LogP contribution in [0, 0.1) is 0 Å². The topological polar surface area (TPSA) is 40.5 Å². The Labute approximate surface area is 172 Å². The fourth-order valence-corrected chi connectivity index (χ4v) is 2.65. The first-order valence-electron chi connectivity index (χ1n) is 8.79. The van der Waals surface area contributed by atoms with Crippen LogP contribution in [0.3, 0.4) is 0 Å². The molecule has 0 saturated heterocycles. The highest BCUT2D eigenvalue weighted by Gasteiger charge is 2.81. The van der Waals surface area contributed by atoms with Gasteiger partial charge in [0.05, 0.1) is 0 Å². The molecule has 176 valence electrons. The molecule has 0 aliphatic rings. The van der Waals surface area contributed by atoms with Gasteiger partial charge >= 0.3 is 30.0 Å². The zero-order valence-corrected chi connectivity index (χ0v) is 16.4. The van der Waals surface area contributed by atoms with E-state index >= 15 is 0 Å². The lowest BCUT2D eigenvalue weighted by Crippen LogP contribution is -2.61. The van der Waals surface area contributed by atoms with Crippen LogP contribution in [0.2, 0.25) is 0 Å². The van der Waals surface area contributed by atoms with E-state index in [1.807, 2.05) is 0 Å². The number of allylic oxidation sites excluding steroid dienone is 1. The van der Waals surface area contributed by atoms with Gasteiger partial charge < -0.3 is 10.0 Å². The summed E-state index contributed by atoms with van der Waals surface area (Å²) >= 11 is 0. The molecule has 31 heavy (non-hydrogen) atoms. The lowest BCUT2D eigenvalue weighted by Gasteiger charge is -2.34. The van der Waals surface area contributed by atoms with Crippen molar-refractivity contribution < 1.29 is 49.4 Å². The molecule has 1 atom stereocenters. The van der Waals surface area contributed by atoms with Gasteiger partial charge in [0.15, 0.2) is 0 Å². The first-order valence-corrected chi connectivity index (χ1v) is 8.79. The molecule has 0 aliphatic heterocycles. The van der Waals surface area contributed by atoms with E-state index in [-0.39, 0.29) is 4.90 Å². The maximum absolute atomic E-state index is 13.7. The summed E-state index contributed by atoms with van der Waals surface area (Å²) in [4.78, 5) is 11.6. The van der Waals surface area contributed by atoms with E-state index in [4.69, 9.17) is 5.11 Å². The van der Waals surface area contributed by atoms with Gasteiger partial charge in [-0.1, -0.05) is 43.3 Å². The first-order chi connectivity index (χ1) is 13.8. The minimum absolute atomic E-state index is 0.258. The number of hydrogen-bond donors (Lipinski definition) is 1. The van der Waals surface area contributed by atoms with E-state index in [0.717, 1.165) is 0 Å². The fourth-order valence-electron chi connectivity index (χ4n) is 2.65. The van der Waals surface area contributed by atoms with Crippen LogP contribution in [0.4, 0.5) is 44.3 Å². The third-order valence-electron chi connectivity index (χ3n) is 4.62. The monoisotopic (exact) mass is 465 g/mol. The highest BCUT2D eigenvalue weighted by Crippen LogP contribution is 2.54. The minimum atomic E-state index is -7.01. The molecule has 12 heteroatoms. The summed E-state index contributed by atoms with van der Waals surface area (Å²) in [5.74, 6) is -20.2. The summed E-state index contributed by atoms with van der Waals surface area (Å²) in [7, 11) is 0. The third kappa shape index (κ3) is 5.65. The second-order valence-electron chi connectivity index (χ2n) is 7.14. The van der Waals surface area contributed by atoms with Crippen molar-refractivity contribution >= 4 is 11.7 Å². The Kier molecular flexibility index (Phi) is 7.73. The molecule has 0 bridgehead atoms. The third-order valence-corrected chi connectivity index (χ3v) is 4.62. The Hall–Kier alpha value is -2.40. The van der Waals surface area contributed by atoms with Crippen molar-refractivity contribution in [2.24, 2.45) is 0 Å². The Morgan fingerprint density at radius 3 is 2.06 bits per heavy atom. The van der Waals surface area contributed by atoms with Gasteiger partial charge in [0, 0.05) is 19.5 Å². The highest BCUT2D eigenvalue weighted by molar-refractivity contribution is 5.65. The second kappa shape index (κ2) is 8.99. The van der Waals surface area contributed by atoms with Crippen LogP contribution < -0.4 is 0 Å². The molecule has 1 aromatic rings. The molecule has 1 amide bonds. The molecule has 0 heterocycles. The number of halogens is 9. The standard InChI is InChI=1S/C19H20F9NO2/c1-11(2)13-5-4-6-14(9-13)12(3)10-29(15(30)31)8-7-16(20,21)17(22,23)18(24,25)19(26,27)28/h4-6,9,12H,1,7-8,10H2,2-3H3,(H,30,31). The Bertz CT molecular complexity index is 806. The second-order valence-corrected chi connectivity index (χ2v) is 7.14. The number of benzene rings is 1. The van der Waals surface area contributed by atoms with E-state index in [9.17, 15) is 44.3 Å². The van der Waals surface area contributed by atoms with E-state index in [1.54, 1.807) is 31.2 Å². The highest BCUT2D eigenvalue weighted by atomic mass is 19.4. The maximum Gasteiger partial charge on any atom is 0.460 e.